The zero-order valence-electron chi connectivity index (χ0n) is 19.5. The molecule has 3 aliphatic heterocycles. The minimum absolute atomic E-state index is 0.194. The molecule has 3 atom stereocenters. The average molecular weight is 540 g/mol. The minimum Gasteiger partial charge on any atom is -0.497 e. The van der Waals surface area contributed by atoms with Gasteiger partial charge in [0.1, 0.15) is 20.6 Å². The summed E-state index contributed by atoms with van der Waals surface area (Å²) in [5, 5.41) is 3.64. The molecule has 36 heavy (non-hydrogen) atoms. The molecule has 3 aliphatic rings. The van der Waals surface area contributed by atoms with Crippen LogP contribution in [0.5, 0.6) is 5.75 Å². The molecule has 2 spiro atoms. The maximum Gasteiger partial charge on any atom is 0.251 e. The van der Waals surface area contributed by atoms with Crippen molar-refractivity contribution < 1.29 is 18.7 Å². The number of halogens is 1. The Kier molecular flexibility index (Phi) is 5.46. The van der Waals surface area contributed by atoms with E-state index in [0.29, 0.717) is 38.6 Å². The molecule has 3 unspecified atom stereocenters. The summed E-state index contributed by atoms with van der Waals surface area (Å²) in [6, 6.07) is 16.5. The number of likely N-dealkylation sites (N-methyl/N-ethyl adjacent to an activating group) is 1. The number of benzene rings is 2. The molecule has 1 N–H and O–H groups in total. The maximum atomic E-state index is 14.6. The van der Waals surface area contributed by atoms with E-state index in [4.69, 9.17) is 33.0 Å². The lowest BCUT2D eigenvalue weighted by Gasteiger charge is -2.41. The third kappa shape index (κ3) is 3.00. The number of thiocarbonyl (C=S) groups is 1. The second-order valence-electron chi connectivity index (χ2n) is 9.13. The largest absolute Gasteiger partial charge is 0.497 e. The lowest BCUT2D eigenvalue weighted by molar-refractivity contribution is -0.138. The first kappa shape index (κ1) is 23.5. The second-order valence-corrected chi connectivity index (χ2v) is 11.5. The molecule has 0 radical (unpaired) electrons. The Morgan fingerprint density at radius 1 is 1.22 bits per heavy atom. The predicted molar refractivity (Wildman–Crippen MR) is 142 cm³/mol. The first-order valence-electron chi connectivity index (χ1n) is 11.4. The van der Waals surface area contributed by atoms with Crippen LogP contribution < -0.4 is 10.1 Å². The number of carbonyl (C=O) groups is 2. The quantitative estimate of drug-likeness (QED) is 0.485. The normalized spacial score (nSPS) is 27.4. The third-order valence-corrected chi connectivity index (χ3v) is 9.64. The van der Waals surface area contributed by atoms with Crippen LogP contribution in [0.2, 0.25) is 5.02 Å². The monoisotopic (exact) mass is 539 g/mol. The molecule has 184 valence electrons. The van der Waals surface area contributed by atoms with E-state index in [-0.39, 0.29) is 24.3 Å². The number of rotatable bonds is 4. The van der Waals surface area contributed by atoms with E-state index in [1.54, 1.807) is 36.5 Å². The SMILES string of the molecule is COc1ccc2c(c1)C1(C(=O)N2)N(C)CC(c2ccc(Cl)cc2)C12SC(=S)N(Cc1ccco1)C2=O. The summed E-state index contributed by atoms with van der Waals surface area (Å²) in [5.41, 5.74) is 0.961. The van der Waals surface area contributed by atoms with Crippen LogP contribution in [0.25, 0.3) is 0 Å². The van der Waals surface area contributed by atoms with E-state index in [1.807, 2.05) is 48.3 Å². The standard InChI is InChI=1S/C26H22ClN3O4S2/c1-29-14-20(15-5-7-16(27)8-6-15)26(23(32)30(24(35)36-26)13-18-4-3-11-34-18)25(29)19-12-17(33-2)9-10-21(19)28-22(25)31/h3-12,20H,13-14H2,1-2H3,(H,28,31). The van der Waals surface area contributed by atoms with Crippen LogP contribution >= 0.6 is 35.6 Å². The van der Waals surface area contributed by atoms with Gasteiger partial charge in [0.2, 0.25) is 5.91 Å². The Balaban J connectivity index is 1.59. The van der Waals surface area contributed by atoms with Gasteiger partial charge in [-0.3, -0.25) is 19.4 Å². The fourth-order valence-electron chi connectivity index (χ4n) is 5.92. The molecule has 3 aromatic rings. The minimum atomic E-state index is -1.31. The fourth-order valence-corrected chi connectivity index (χ4v) is 8.17. The highest BCUT2D eigenvalue weighted by atomic mass is 35.5. The van der Waals surface area contributed by atoms with Crippen LogP contribution in [0.1, 0.15) is 22.8 Å². The van der Waals surface area contributed by atoms with E-state index in [1.165, 1.54) is 11.8 Å². The fraction of sp³-hybridized carbons (Fsp3) is 0.269. The number of anilines is 1. The number of likely N-dealkylation sites (tertiary alicyclic amines) is 1. The summed E-state index contributed by atoms with van der Waals surface area (Å²) in [5.74, 6) is 0.398. The lowest BCUT2D eigenvalue weighted by Crippen LogP contribution is -2.61. The first-order chi connectivity index (χ1) is 17.3. The number of carbonyl (C=O) groups excluding carboxylic acids is 2. The first-order valence-corrected chi connectivity index (χ1v) is 13.0. The highest BCUT2D eigenvalue weighted by Gasteiger charge is 2.77. The van der Waals surface area contributed by atoms with Crippen LogP contribution in [0, 0.1) is 0 Å². The summed E-state index contributed by atoms with van der Waals surface area (Å²) in [7, 11) is 3.47. The van der Waals surface area contributed by atoms with E-state index in [2.05, 4.69) is 5.32 Å². The Morgan fingerprint density at radius 3 is 2.69 bits per heavy atom. The van der Waals surface area contributed by atoms with Crippen LogP contribution in [-0.4, -0.2) is 51.4 Å². The molecule has 2 amide bonds. The van der Waals surface area contributed by atoms with Gasteiger partial charge in [0, 0.05) is 28.7 Å². The molecule has 0 bridgehead atoms. The number of furan rings is 1. The van der Waals surface area contributed by atoms with Gasteiger partial charge in [0.15, 0.2) is 5.54 Å². The molecule has 0 saturated carbocycles. The van der Waals surface area contributed by atoms with Gasteiger partial charge in [-0.05, 0) is 55.1 Å². The molecule has 0 aliphatic carbocycles. The topological polar surface area (TPSA) is 75.0 Å². The van der Waals surface area contributed by atoms with Crippen LogP contribution in [-0.2, 0) is 21.7 Å². The van der Waals surface area contributed by atoms with E-state index in [9.17, 15) is 9.59 Å². The highest BCUT2D eigenvalue weighted by Crippen LogP contribution is 2.66. The Morgan fingerprint density at radius 2 is 2.00 bits per heavy atom. The molecule has 10 heteroatoms. The Bertz CT molecular complexity index is 1400. The highest BCUT2D eigenvalue weighted by molar-refractivity contribution is 8.25. The van der Waals surface area contributed by atoms with Gasteiger partial charge in [-0.2, -0.15) is 0 Å². The van der Waals surface area contributed by atoms with Crippen molar-refractivity contribution in [2.45, 2.75) is 22.7 Å². The smallest absolute Gasteiger partial charge is 0.251 e. The van der Waals surface area contributed by atoms with Crippen molar-refractivity contribution >= 4 is 57.4 Å². The summed E-state index contributed by atoms with van der Waals surface area (Å²) in [6.07, 6.45) is 1.57. The van der Waals surface area contributed by atoms with Crippen molar-refractivity contribution in [3.63, 3.8) is 0 Å². The van der Waals surface area contributed by atoms with Gasteiger partial charge in [0.25, 0.3) is 5.91 Å². The number of fused-ring (bicyclic) bond motifs is 3. The van der Waals surface area contributed by atoms with E-state index < -0.39 is 10.3 Å². The summed E-state index contributed by atoms with van der Waals surface area (Å²) >= 11 is 13.3. The number of hydrogen-bond donors (Lipinski definition) is 1. The second kappa shape index (κ2) is 8.34. The number of hydrogen-bond acceptors (Lipinski definition) is 7. The zero-order valence-corrected chi connectivity index (χ0v) is 21.9. The van der Waals surface area contributed by atoms with Crippen molar-refractivity contribution in [3.05, 3.63) is 82.8 Å². The van der Waals surface area contributed by atoms with Gasteiger partial charge in [0.05, 0.1) is 19.9 Å². The van der Waals surface area contributed by atoms with Crippen molar-refractivity contribution in [3.8, 4) is 5.75 Å². The Hall–Kier alpha value is -2.85. The van der Waals surface area contributed by atoms with Crippen molar-refractivity contribution in [1.82, 2.24) is 9.80 Å². The predicted octanol–water partition coefficient (Wildman–Crippen LogP) is 4.62. The number of ether oxygens (including phenoxy) is 1. The van der Waals surface area contributed by atoms with Crippen LogP contribution in [0.4, 0.5) is 5.69 Å². The summed E-state index contributed by atoms with van der Waals surface area (Å²) < 4.78 is 10.2. The number of nitrogens with zero attached hydrogens (tertiary/aromatic N) is 2. The molecule has 2 aromatic carbocycles. The molecule has 2 fully saturated rings. The molecule has 4 heterocycles. The van der Waals surface area contributed by atoms with Gasteiger partial charge < -0.3 is 14.5 Å². The lowest BCUT2D eigenvalue weighted by atomic mass is 9.72. The average Bonchev–Trinajstić information content (AvgIpc) is 3.60. The molecule has 6 rings (SSSR count). The summed E-state index contributed by atoms with van der Waals surface area (Å²) in [6.45, 7) is 0.654. The van der Waals surface area contributed by atoms with Crippen molar-refractivity contribution in [2.75, 3.05) is 26.0 Å². The third-order valence-electron chi connectivity index (χ3n) is 7.45. The van der Waals surface area contributed by atoms with Crippen molar-refractivity contribution in [1.29, 1.82) is 0 Å². The van der Waals surface area contributed by atoms with Gasteiger partial charge in [-0.25, -0.2) is 0 Å². The number of thioether (sulfide) groups is 1. The number of amides is 2. The van der Waals surface area contributed by atoms with Gasteiger partial charge >= 0.3 is 0 Å². The number of nitrogens with one attached hydrogen (secondary N) is 1. The molecular formula is C26H22ClN3O4S2. The van der Waals surface area contributed by atoms with Crippen LogP contribution in [0.3, 0.4) is 0 Å². The Labute approximate surface area is 222 Å². The van der Waals surface area contributed by atoms with E-state index in [0.717, 1.165) is 5.56 Å². The zero-order chi connectivity index (χ0) is 25.2. The van der Waals surface area contributed by atoms with Crippen LogP contribution in [0.15, 0.2) is 65.3 Å². The molecule has 1 aromatic heterocycles. The molecule has 2 saturated heterocycles. The maximum absolute atomic E-state index is 14.6. The van der Waals surface area contributed by atoms with Crippen molar-refractivity contribution in [2.24, 2.45) is 0 Å². The van der Waals surface area contributed by atoms with Gasteiger partial charge in [-0.1, -0.05) is 47.7 Å². The van der Waals surface area contributed by atoms with E-state index >= 15 is 0 Å². The molecule has 7 nitrogen and oxygen atoms in total. The molecular weight excluding hydrogens is 518 g/mol. The number of methoxy groups -OCH3 is 1. The summed E-state index contributed by atoms with van der Waals surface area (Å²) in [4.78, 5) is 32.3. The van der Waals surface area contributed by atoms with Gasteiger partial charge in [-0.15, -0.1) is 0 Å².